The highest BCUT2D eigenvalue weighted by Gasteiger charge is 2.14. The van der Waals surface area contributed by atoms with Crippen molar-refractivity contribution in [1.82, 2.24) is 0 Å². The van der Waals surface area contributed by atoms with Gasteiger partial charge >= 0.3 is 0 Å². The van der Waals surface area contributed by atoms with Gasteiger partial charge in [0, 0.05) is 6.07 Å². The summed E-state index contributed by atoms with van der Waals surface area (Å²) in [6.07, 6.45) is 3.80. The molecule has 0 fully saturated rings. The molecular weight excluding hydrogens is 228 g/mol. The monoisotopic (exact) mass is 250 g/mol. The number of ether oxygens (including phenoxy) is 3. The van der Waals surface area contributed by atoms with Crippen molar-refractivity contribution >= 4 is 0 Å². The highest BCUT2D eigenvalue weighted by Crippen LogP contribution is 2.35. The van der Waals surface area contributed by atoms with Crippen LogP contribution >= 0.6 is 0 Å². The summed E-state index contributed by atoms with van der Waals surface area (Å²) in [5.74, 6) is 3.20. The van der Waals surface area contributed by atoms with Gasteiger partial charge in [0.2, 0.25) is 6.79 Å². The summed E-state index contributed by atoms with van der Waals surface area (Å²) >= 11 is 0. The van der Waals surface area contributed by atoms with Crippen LogP contribution in [0.1, 0.15) is 40.0 Å². The lowest BCUT2D eigenvalue weighted by atomic mass is 10.0. The number of benzene rings is 1. The van der Waals surface area contributed by atoms with Crippen molar-refractivity contribution in [3.63, 3.8) is 0 Å². The third-order valence-corrected chi connectivity index (χ3v) is 3.07. The predicted molar refractivity (Wildman–Crippen MR) is 71.3 cm³/mol. The van der Waals surface area contributed by atoms with Gasteiger partial charge in [0.1, 0.15) is 5.75 Å². The summed E-state index contributed by atoms with van der Waals surface area (Å²) in [7, 11) is 0. The molecule has 0 saturated heterocycles. The average molecular weight is 250 g/mol. The lowest BCUT2D eigenvalue weighted by molar-refractivity contribution is 0.173. The van der Waals surface area contributed by atoms with Crippen molar-refractivity contribution in [2.45, 2.75) is 46.1 Å². The van der Waals surface area contributed by atoms with Gasteiger partial charge in [0.15, 0.2) is 11.5 Å². The maximum Gasteiger partial charge on any atom is 0.231 e. The predicted octanol–water partition coefficient (Wildman–Crippen LogP) is 4.01. The molecule has 1 heterocycles. The van der Waals surface area contributed by atoms with Crippen LogP contribution < -0.4 is 14.2 Å². The molecule has 1 atom stereocenters. The minimum atomic E-state index is 0.240. The van der Waals surface area contributed by atoms with Crippen molar-refractivity contribution < 1.29 is 14.2 Å². The average Bonchev–Trinajstić information content (AvgIpc) is 2.75. The van der Waals surface area contributed by atoms with E-state index >= 15 is 0 Å². The van der Waals surface area contributed by atoms with Gasteiger partial charge in [-0.25, -0.2) is 0 Å². The molecule has 3 nitrogen and oxygen atoms in total. The fourth-order valence-electron chi connectivity index (χ4n) is 2.05. The Morgan fingerprint density at radius 1 is 1.11 bits per heavy atom. The number of hydrogen-bond acceptors (Lipinski definition) is 3. The zero-order valence-electron chi connectivity index (χ0n) is 11.4. The van der Waals surface area contributed by atoms with E-state index < -0.39 is 0 Å². The first-order valence-electron chi connectivity index (χ1n) is 6.71. The van der Waals surface area contributed by atoms with E-state index in [-0.39, 0.29) is 6.10 Å². The minimum Gasteiger partial charge on any atom is -0.491 e. The third-order valence-electron chi connectivity index (χ3n) is 3.07. The van der Waals surface area contributed by atoms with Crippen molar-refractivity contribution in [3.8, 4) is 17.2 Å². The van der Waals surface area contributed by atoms with Gasteiger partial charge in [-0.3, -0.25) is 0 Å². The van der Waals surface area contributed by atoms with E-state index in [1.165, 1.54) is 12.8 Å². The molecule has 0 N–H and O–H groups in total. The molecule has 18 heavy (non-hydrogen) atoms. The van der Waals surface area contributed by atoms with Gasteiger partial charge in [0.25, 0.3) is 0 Å². The minimum absolute atomic E-state index is 0.240. The van der Waals surface area contributed by atoms with Crippen LogP contribution in [0.4, 0.5) is 0 Å². The van der Waals surface area contributed by atoms with Crippen LogP contribution in [0, 0.1) is 5.92 Å². The van der Waals surface area contributed by atoms with Crippen LogP contribution in [0.2, 0.25) is 0 Å². The Morgan fingerprint density at radius 3 is 2.67 bits per heavy atom. The molecule has 0 aliphatic carbocycles. The second-order valence-electron chi connectivity index (χ2n) is 5.27. The lowest BCUT2D eigenvalue weighted by Crippen LogP contribution is -2.11. The van der Waals surface area contributed by atoms with Crippen molar-refractivity contribution in [2.24, 2.45) is 5.92 Å². The van der Waals surface area contributed by atoms with Crippen LogP contribution in [0.5, 0.6) is 17.2 Å². The Bertz CT molecular complexity index is 387. The molecule has 0 spiro atoms. The summed E-state index contributed by atoms with van der Waals surface area (Å²) in [5, 5.41) is 0. The van der Waals surface area contributed by atoms with Gasteiger partial charge < -0.3 is 14.2 Å². The summed E-state index contributed by atoms with van der Waals surface area (Å²) in [6, 6.07) is 5.74. The molecule has 1 aromatic rings. The molecule has 0 saturated carbocycles. The molecule has 2 rings (SSSR count). The molecule has 1 unspecified atom stereocenters. The second-order valence-corrected chi connectivity index (χ2v) is 5.27. The number of hydrogen-bond donors (Lipinski definition) is 0. The molecule has 0 amide bonds. The fraction of sp³-hybridized carbons (Fsp3) is 0.600. The molecular formula is C15H22O3. The van der Waals surface area contributed by atoms with E-state index in [4.69, 9.17) is 14.2 Å². The SMILES string of the molecule is CC(C)CCCC(C)Oc1ccc2c(c1)OCO2. The molecule has 0 bridgehead atoms. The third kappa shape index (κ3) is 3.56. The first-order valence-corrected chi connectivity index (χ1v) is 6.71. The van der Waals surface area contributed by atoms with Gasteiger partial charge in [-0.05, 0) is 37.8 Å². The van der Waals surface area contributed by atoms with E-state index in [1.54, 1.807) is 0 Å². The standard InChI is InChI=1S/C15H22O3/c1-11(2)5-4-6-12(3)18-13-7-8-14-15(9-13)17-10-16-14/h7-9,11-12H,4-6,10H2,1-3H3. The quantitative estimate of drug-likeness (QED) is 0.763. The molecule has 1 aliphatic rings. The summed E-state index contributed by atoms with van der Waals surface area (Å²) < 4.78 is 16.5. The molecule has 3 heteroatoms. The topological polar surface area (TPSA) is 27.7 Å². The largest absolute Gasteiger partial charge is 0.491 e. The van der Waals surface area contributed by atoms with E-state index in [9.17, 15) is 0 Å². The van der Waals surface area contributed by atoms with E-state index in [0.717, 1.165) is 29.6 Å². The van der Waals surface area contributed by atoms with Crippen molar-refractivity contribution in [2.75, 3.05) is 6.79 Å². The Labute approximate surface area is 109 Å². The van der Waals surface area contributed by atoms with Crippen LogP contribution in [-0.4, -0.2) is 12.9 Å². The van der Waals surface area contributed by atoms with Crippen LogP contribution in [0.25, 0.3) is 0 Å². The summed E-state index contributed by atoms with van der Waals surface area (Å²) in [6.45, 7) is 6.93. The molecule has 1 aromatic carbocycles. The van der Waals surface area contributed by atoms with E-state index in [0.29, 0.717) is 6.79 Å². The first-order chi connectivity index (χ1) is 8.65. The zero-order chi connectivity index (χ0) is 13.0. The number of fused-ring (bicyclic) bond motifs is 1. The zero-order valence-corrected chi connectivity index (χ0v) is 11.4. The van der Waals surface area contributed by atoms with E-state index in [1.807, 2.05) is 18.2 Å². The highest BCUT2D eigenvalue weighted by atomic mass is 16.7. The molecule has 0 aromatic heterocycles. The maximum atomic E-state index is 5.89. The van der Waals surface area contributed by atoms with Gasteiger partial charge in [-0.15, -0.1) is 0 Å². The maximum absolute atomic E-state index is 5.89. The summed E-state index contributed by atoms with van der Waals surface area (Å²) in [5.41, 5.74) is 0. The molecule has 0 radical (unpaired) electrons. The Morgan fingerprint density at radius 2 is 1.89 bits per heavy atom. The van der Waals surface area contributed by atoms with Gasteiger partial charge in [-0.2, -0.15) is 0 Å². The Kier molecular flexibility index (Phi) is 4.34. The van der Waals surface area contributed by atoms with Crippen molar-refractivity contribution in [1.29, 1.82) is 0 Å². The van der Waals surface area contributed by atoms with Crippen molar-refractivity contribution in [3.05, 3.63) is 18.2 Å². The Balaban J connectivity index is 1.82. The van der Waals surface area contributed by atoms with Crippen LogP contribution in [0.3, 0.4) is 0 Å². The molecule has 1 aliphatic heterocycles. The highest BCUT2D eigenvalue weighted by molar-refractivity contribution is 5.46. The van der Waals surface area contributed by atoms with Crippen LogP contribution in [0.15, 0.2) is 18.2 Å². The van der Waals surface area contributed by atoms with E-state index in [2.05, 4.69) is 20.8 Å². The van der Waals surface area contributed by atoms with Gasteiger partial charge in [0.05, 0.1) is 6.10 Å². The fourth-order valence-corrected chi connectivity index (χ4v) is 2.05. The second kappa shape index (κ2) is 5.98. The lowest BCUT2D eigenvalue weighted by Gasteiger charge is -2.15. The first kappa shape index (κ1) is 13.1. The summed E-state index contributed by atoms with van der Waals surface area (Å²) in [4.78, 5) is 0. The van der Waals surface area contributed by atoms with Crippen LogP contribution in [-0.2, 0) is 0 Å². The smallest absolute Gasteiger partial charge is 0.231 e. The van der Waals surface area contributed by atoms with Gasteiger partial charge in [-0.1, -0.05) is 20.3 Å². The molecule has 100 valence electrons. The Hall–Kier alpha value is -1.38. The normalized spacial score (nSPS) is 14.9. The number of rotatable bonds is 6.